The van der Waals surface area contributed by atoms with Crippen LogP contribution in [0.4, 0.5) is 5.82 Å². The number of nitrogens with zero attached hydrogens (tertiary/aromatic N) is 5. The minimum atomic E-state index is -0.971. The number of anilines is 1. The summed E-state index contributed by atoms with van der Waals surface area (Å²) in [6.45, 7) is 4.39. The molecule has 116 valence electrons. The Balaban J connectivity index is 1.73. The van der Waals surface area contributed by atoms with E-state index < -0.39 is 6.35 Å². The van der Waals surface area contributed by atoms with Gasteiger partial charge < -0.3 is 19.3 Å². The number of amides is 1. The number of fused-ring (bicyclic) bond motifs is 1. The Labute approximate surface area is 123 Å². The summed E-state index contributed by atoms with van der Waals surface area (Å²) >= 11 is 0. The number of morpholine rings is 1. The van der Waals surface area contributed by atoms with Gasteiger partial charge in [0.1, 0.15) is 0 Å². The number of imidazole rings is 1. The molecule has 0 bridgehead atoms. The van der Waals surface area contributed by atoms with Crippen molar-refractivity contribution in [1.29, 1.82) is 0 Å². The van der Waals surface area contributed by atoms with E-state index >= 15 is 0 Å². The molecule has 1 saturated heterocycles. The predicted octanol–water partition coefficient (Wildman–Crippen LogP) is -1.08. The van der Waals surface area contributed by atoms with Crippen LogP contribution in [0.3, 0.4) is 0 Å². The lowest BCUT2D eigenvalue weighted by Crippen LogP contribution is -2.56. The molecule has 0 radical (unpaired) electrons. The molecule has 1 aromatic heterocycles. The smallest absolute Gasteiger partial charge is 0.277 e. The van der Waals surface area contributed by atoms with Crippen LogP contribution in [0.5, 0.6) is 0 Å². The Hall–Kier alpha value is -1.64. The summed E-state index contributed by atoms with van der Waals surface area (Å²) in [5, 5.41) is 10.3. The van der Waals surface area contributed by atoms with Crippen molar-refractivity contribution in [3.05, 3.63) is 12.0 Å². The number of ether oxygens (including phenoxy) is 1. The molecule has 8 heteroatoms. The van der Waals surface area contributed by atoms with E-state index in [2.05, 4.69) is 9.88 Å². The fourth-order valence-electron chi connectivity index (χ4n) is 2.77. The Morgan fingerprint density at radius 2 is 2.05 bits per heavy atom. The van der Waals surface area contributed by atoms with E-state index in [1.165, 1.54) is 4.90 Å². The van der Waals surface area contributed by atoms with Gasteiger partial charge in [0.05, 0.1) is 19.5 Å². The zero-order valence-corrected chi connectivity index (χ0v) is 12.4. The molecule has 1 N–H and O–H groups in total. The van der Waals surface area contributed by atoms with Gasteiger partial charge in [-0.1, -0.05) is 0 Å². The number of aliphatic hydroxyl groups is 1. The Morgan fingerprint density at radius 1 is 1.33 bits per heavy atom. The third kappa shape index (κ3) is 2.50. The fraction of sp³-hybridized carbons (Fsp3) is 0.692. The molecule has 1 unspecified atom stereocenters. The number of rotatable bonds is 3. The number of aromatic nitrogens is 2. The molecule has 3 heterocycles. The Morgan fingerprint density at radius 3 is 2.76 bits per heavy atom. The number of aliphatic hydroxyl groups excluding tert-OH is 1. The van der Waals surface area contributed by atoms with E-state index in [-0.39, 0.29) is 5.91 Å². The second kappa shape index (κ2) is 5.63. The third-order valence-corrected chi connectivity index (χ3v) is 4.10. The number of aryl methyl sites for hydroxylation is 1. The van der Waals surface area contributed by atoms with E-state index in [4.69, 9.17) is 4.74 Å². The van der Waals surface area contributed by atoms with Crippen LogP contribution >= 0.6 is 0 Å². The number of hydrogen-bond acceptors (Lipinski definition) is 6. The summed E-state index contributed by atoms with van der Waals surface area (Å²) in [5.74, 6) is 0.349. The van der Waals surface area contributed by atoms with Gasteiger partial charge in [-0.2, -0.15) is 0 Å². The molecule has 8 nitrogen and oxygen atoms in total. The fourth-order valence-corrected chi connectivity index (χ4v) is 2.77. The quantitative estimate of drug-likeness (QED) is 0.765. The highest BCUT2D eigenvalue weighted by molar-refractivity contribution is 5.99. The maximum Gasteiger partial charge on any atom is 0.277 e. The summed E-state index contributed by atoms with van der Waals surface area (Å²) in [6, 6.07) is 0. The molecular weight excluding hydrogens is 274 g/mol. The van der Waals surface area contributed by atoms with Crippen molar-refractivity contribution in [3.8, 4) is 0 Å². The van der Waals surface area contributed by atoms with E-state index in [1.807, 2.05) is 0 Å². The highest BCUT2D eigenvalue weighted by atomic mass is 16.5. The van der Waals surface area contributed by atoms with Crippen LogP contribution < -0.4 is 4.90 Å². The highest BCUT2D eigenvalue weighted by Crippen LogP contribution is 2.26. The molecule has 1 aromatic rings. The topological polar surface area (TPSA) is 74.1 Å². The van der Waals surface area contributed by atoms with E-state index in [9.17, 15) is 9.90 Å². The summed E-state index contributed by atoms with van der Waals surface area (Å²) < 4.78 is 7.01. The largest absolute Gasteiger partial charge is 0.379 e. The first-order chi connectivity index (χ1) is 10.1. The van der Waals surface area contributed by atoms with Gasteiger partial charge in [-0.25, -0.2) is 4.98 Å². The van der Waals surface area contributed by atoms with Gasteiger partial charge in [-0.3, -0.25) is 14.6 Å². The van der Waals surface area contributed by atoms with E-state index in [0.717, 1.165) is 32.8 Å². The summed E-state index contributed by atoms with van der Waals surface area (Å²) in [4.78, 5) is 22.1. The van der Waals surface area contributed by atoms with Crippen LogP contribution in [0.2, 0.25) is 0 Å². The molecule has 2 aliphatic rings. The second-order valence-corrected chi connectivity index (χ2v) is 5.44. The van der Waals surface area contributed by atoms with Crippen molar-refractivity contribution in [2.24, 2.45) is 7.05 Å². The van der Waals surface area contributed by atoms with Crippen molar-refractivity contribution in [2.75, 3.05) is 51.3 Å². The number of carbonyl (C=O) groups is 1. The van der Waals surface area contributed by atoms with Gasteiger partial charge in [0, 0.05) is 40.3 Å². The van der Waals surface area contributed by atoms with Crippen molar-refractivity contribution in [2.45, 2.75) is 6.35 Å². The average Bonchev–Trinajstić information content (AvgIpc) is 2.88. The van der Waals surface area contributed by atoms with E-state index in [0.29, 0.717) is 18.1 Å². The molecule has 1 atom stereocenters. The molecule has 0 spiro atoms. The van der Waals surface area contributed by atoms with Crippen molar-refractivity contribution in [3.63, 3.8) is 0 Å². The maximum atomic E-state index is 12.6. The number of carbonyl (C=O) groups excluding carboxylic acids is 1. The van der Waals surface area contributed by atoms with Gasteiger partial charge in [0.2, 0.25) is 6.35 Å². The minimum absolute atomic E-state index is 0.177. The van der Waals surface area contributed by atoms with Crippen molar-refractivity contribution >= 4 is 11.7 Å². The molecule has 1 amide bonds. The van der Waals surface area contributed by atoms with Crippen LogP contribution in [0, 0.1) is 0 Å². The van der Waals surface area contributed by atoms with E-state index in [1.54, 1.807) is 29.9 Å². The first kappa shape index (κ1) is 14.3. The predicted molar refractivity (Wildman–Crippen MR) is 75.9 cm³/mol. The maximum absolute atomic E-state index is 12.6. The lowest BCUT2D eigenvalue weighted by atomic mass is 10.2. The van der Waals surface area contributed by atoms with Crippen LogP contribution in [0.25, 0.3) is 0 Å². The van der Waals surface area contributed by atoms with Gasteiger partial charge >= 0.3 is 0 Å². The van der Waals surface area contributed by atoms with Crippen molar-refractivity contribution in [1.82, 2.24) is 19.4 Å². The Bertz CT molecular complexity index is 526. The second-order valence-electron chi connectivity index (χ2n) is 5.44. The standard InChI is InChI=1S/C13H21N5O3/c1-15-9-14-11-10(15)12(19)18(13(20)16(11)2)4-3-17-5-7-21-8-6-17/h9,13,20H,3-8H2,1-2H3. The van der Waals surface area contributed by atoms with Gasteiger partial charge in [-0.15, -0.1) is 0 Å². The van der Waals surface area contributed by atoms with Crippen LogP contribution in [0.1, 0.15) is 10.5 Å². The SMILES string of the molecule is CN1c2ncn(C)c2C(=O)N(CCN2CCOCC2)C1O. The minimum Gasteiger partial charge on any atom is -0.379 e. The Kier molecular flexibility index (Phi) is 3.83. The first-order valence-electron chi connectivity index (χ1n) is 7.13. The summed E-state index contributed by atoms with van der Waals surface area (Å²) in [6.07, 6.45) is 0.623. The molecule has 0 aliphatic carbocycles. The first-order valence-corrected chi connectivity index (χ1v) is 7.13. The molecule has 3 rings (SSSR count). The zero-order valence-electron chi connectivity index (χ0n) is 12.4. The van der Waals surface area contributed by atoms with Crippen LogP contribution in [-0.2, 0) is 11.8 Å². The molecule has 2 aliphatic heterocycles. The summed E-state index contributed by atoms with van der Waals surface area (Å²) in [7, 11) is 3.53. The van der Waals surface area contributed by atoms with Gasteiger partial charge in [0.15, 0.2) is 11.5 Å². The van der Waals surface area contributed by atoms with Crippen LogP contribution in [-0.4, -0.2) is 83.2 Å². The summed E-state index contributed by atoms with van der Waals surface area (Å²) in [5.41, 5.74) is 0.518. The average molecular weight is 295 g/mol. The number of hydrogen-bond donors (Lipinski definition) is 1. The van der Waals surface area contributed by atoms with Crippen LogP contribution in [0.15, 0.2) is 6.33 Å². The lowest BCUT2D eigenvalue weighted by Gasteiger charge is -2.39. The highest BCUT2D eigenvalue weighted by Gasteiger charge is 2.37. The monoisotopic (exact) mass is 295 g/mol. The molecular formula is C13H21N5O3. The molecule has 0 saturated carbocycles. The zero-order chi connectivity index (χ0) is 15.0. The lowest BCUT2D eigenvalue weighted by molar-refractivity contribution is -0.00885. The third-order valence-electron chi connectivity index (χ3n) is 4.10. The van der Waals surface area contributed by atoms with Gasteiger partial charge in [0.25, 0.3) is 5.91 Å². The molecule has 0 aromatic carbocycles. The van der Waals surface area contributed by atoms with Crippen molar-refractivity contribution < 1.29 is 14.6 Å². The molecule has 1 fully saturated rings. The van der Waals surface area contributed by atoms with Gasteiger partial charge in [-0.05, 0) is 0 Å². The normalized spacial score (nSPS) is 23.6. The molecule has 21 heavy (non-hydrogen) atoms.